The van der Waals surface area contributed by atoms with E-state index in [2.05, 4.69) is 10.6 Å². The third kappa shape index (κ3) is 6.62. The van der Waals surface area contributed by atoms with E-state index in [9.17, 15) is 19.2 Å². The first-order valence-corrected chi connectivity index (χ1v) is 14.0. The van der Waals surface area contributed by atoms with E-state index in [1.54, 1.807) is 66.7 Å². The molecule has 1 aliphatic rings. The number of imide groups is 1. The molecule has 4 aromatic rings. The topological polar surface area (TPSA) is 95.6 Å². The van der Waals surface area contributed by atoms with Crippen molar-refractivity contribution in [3.8, 4) is 0 Å². The summed E-state index contributed by atoms with van der Waals surface area (Å²) in [5.74, 6) is -0.839. The van der Waals surface area contributed by atoms with E-state index in [4.69, 9.17) is 0 Å². The number of fused-ring (bicyclic) bond motifs is 1. The minimum absolute atomic E-state index is 0.115. The lowest BCUT2D eigenvalue weighted by Crippen LogP contribution is -2.31. The predicted molar refractivity (Wildman–Crippen MR) is 161 cm³/mol. The van der Waals surface area contributed by atoms with Crippen molar-refractivity contribution in [1.82, 2.24) is 10.2 Å². The summed E-state index contributed by atoms with van der Waals surface area (Å²) in [5, 5.41) is 5.60. The zero-order valence-electron chi connectivity index (χ0n) is 22.3. The number of anilines is 1. The summed E-state index contributed by atoms with van der Waals surface area (Å²) < 4.78 is 0. The molecule has 0 radical (unpaired) electrons. The molecule has 0 saturated carbocycles. The molecule has 5 rings (SSSR count). The average Bonchev–Trinajstić information content (AvgIpc) is 3.23. The van der Waals surface area contributed by atoms with Crippen LogP contribution in [-0.2, 0) is 4.79 Å². The molecule has 8 heteroatoms. The second-order valence-electron chi connectivity index (χ2n) is 9.43. The van der Waals surface area contributed by atoms with Gasteiger partial charge in [0.2, 0.25) is 0 Å². The third-order valence-electron chi connectivity index (χ3n) is 6.46. The molecular weight excluding hydrogens is 534 g/mol. The second kappa shape index (κ2) is 12.5. The Labute approximate surface area is 242 Å². The molecule has 7 nitrogen and oxygen atoms in total. The normalized spacial score (nSPS) is 12.7. The highest BCUT2D eigenvalue weighted by molar-refractivity contribution is 7.99. The van der Waals surface area contributed by atoms with Crippen LogP contribution in [0.25, 0.3) is 6.08 Å². The van der Waals surface area contributed by atoms with Gasteiger partial charge in [0.1, 0.15) is 5.70 Å². The lowest BCUT2D eigenvalue weighted by Gasteiger charge is -2.14. The van der Waals surface area contributed by atoms with Gasteiger partial charge in [-0.25, -0.2) is 0 Å². The van der Waals surface area contributed by atoms with Crippen molar-refractivity contribution in [3.63, 3.8) is 0 Å². The van der Waals surface area contributed by atoms with Crippen molar-refractivity contribution in [2.24, 2.45) is 0 Å². The summed E-state index contributed by atoms with van der Waals surface area (Å²) in [5.41, 5.74) is 3.82. The number of benzene rings is 4. The van der Waals surface area contributed by atoms with Crippen LogP contribution in [-0.4, -0.2) is 40.8 Å². The predicted octanol–water partition coefficient (Wildman–Crippen LogP) is 5.79. The highest BCUT2D eigenvalue weighted by Crippen LogP contribution is 2.25. The largest absolute Gasteiger partial charge is 0.321 e. The molecule has 2 N–H and O–H groups in total. The number of nitrogens with zero attached hydrogens (tertiary/aromatic N) is 1. The summed E-state index contributed by atoms with van der Waals surface area (Å²) in [6.45, 7) is 2.25. The van der Waals surface area contributed by atoms with Crippen LogP contribution in [0.2, 0.25) is 0 Å². The number of rotatable bonds is 9. The molecule has 4 aromatic carbocycles. The number of carbonyl (C=O) groups excluding carboxylic acids is 4. The Balaban J connectivity index is 1.22. The molecule has 0 aliphatic carbocycles. The quantitative estimate of drug-likeness (QED) is 0.153. The maximum Gasteiger partial charge on any atom is 0.272 e. The summed E-state index contributed by atoms with van der Waals surface area (Å²) in [4.78, 5) is 53.4. The fourth-order valence-electron chi connectivity index (χ4n) is 4.40. The number of carbonyl (C=O) groups is 4. The van der Waals surface area contributed by atoms with E-state index in [0.717, 1.165) is 16.0 Å². The van der Waals surface area contributed by atoms with Gasteiger partial charge in [-0.1, -0.05) is 60.2 Å². The molecule has 0 unspecified atom stereocenters. The number of amides is 4. The van der Waals surface area contributed by atoms with E-state index in [1.165, 1.54) is 16.7 Å². The summed E-state index contributed by atoms with van der Waals surface area (Å²) in [6.07, 6.45) is 1.65. The molecule has 0 bridgehead atoms. The molecule has 0 atom stereocenters. The average molecular weight is 562 g/mol. The van der Waals surface area contributed by atoms with Crippen molar-refractivity contribution in [2.45, 2.75) is 11.8 Å². The zero-order chi connectivity index (χ0) is 28.8. The molecule has 1 aliphatic heterocycles. The summed E-state index contributed by atoms with van der Waals surface area (Å²) >= 11 is 1.51. The van der Waals surface area contributed by atoms with Gasteiger partial charge in [0.05, 0.1) is 11.1 Å². The number of aryl methyl sites for hydroxylation is 1. The molecular formula is C33H27N3O4S. The van der Waals surface area contributed by atoms with Crippen molar-refractivity contribution >= 4 is 47.2 Å². The van der Waals surface area contributed by atoms with Crippen molar-refractivity contribution < 1.29 is 19.2 Å². The Morgan fingerprint density at radius 2 is 1.46 bits per heavy atom. The molecule has 0 fully saturated rings. The van der Waals surface area contributed by atoms with E-state index < -0.39 is 5.91 Å². The van der Waals surface area contributed by atoms with Crippen LogP contribution in [0.3, 0.4) is 0 Å². The minimum atomic E-state index is -0.457. The van der Waals surface area contributed by atoms with Gasteiger partial charge in [-0.2, -0.15) is 0 Å². The van der Waals surface area contributed by atoms with Crippen LogP contribution in [0.5, 0.6) is 0 Å². The van der Waals surface area contributed by atoms with Gasteiger partial charge in [-0.15, -0.1) is 11.8 Å². The van der Waals surface area contributed by atoms with Crippen molar-refractivity contribution in [3.05, 3.63) is 137 Å². The van der Waals surface area contributed by atoms with Gasteiger partial charge in [0.25, 0.3) is 23.6 Å². The highest BCUT2D eigenvalue weighted by atomic mass is 32.2. The third-order valence-corrected chi connectivity index (χ3v) is 7.45. The molecule has 41 heavy (non-hydrogen) atoms. The maximum atomic E-state index is 13.3. The van der Waals surface area contributed by atoms with E-state index in [1.807, 2.05) is 49.4 Å². The SMILES string of the molecule is Cc1cccc(/C=C(\NC(=O)c2ccccc2)C(=O)Nc2ccc(SCCN3C(=O)c4ccccc4C3=O)cc2)c1. The van der Waals surface area contributed by atoms with Crippen LogP contribution in [0, 0.1) is 6.92 Å². The minimum Gasteiger partial charge on any atom is -0.321 e. The Morgan fingerprint density at radius 3 is 2.12 bits per heavy atom. The standard InChI is InChI=1S/C33H27N3O4S/c1-22-8-7-9-23(20-22)21-29(35-30(37)24-10-3-2-4-11-24)31(38)34-25-14-16-26(17-15-25)41-19-18-36-32(39)27-12-5-6-13-28(27)33(36)40/h2-17,20-21H,18-19H2,1H3,(H,34,38)(H,35,37)/b29-21-. The van der Waals surface area contributed by atoms with Crippen LogP contribution < -0.4 is 10.6 Å². The Hall–Kier alpha value is -4.95. The van der Waals surface area contributed by atoms with Crippen molar-refractivity contribution in [2.75, 3.05) is 17.6 Å². The smallest absolute Gasteiger partial charge is 0.272 e. The molecule has 0 aromatic heterocycles. The van der Waals surface area contributed by atoms with Gasteiger partial charge in [-0.05, 0) is 67.1 Å². The molecule has 1 heterocycles. The van der Waals surface area contributed by atoms with Crippen LogP contribution in [0.1, 0.15) is 42.2 Å². The fourth-order valence-corrected chi connectivity index (χ4v) is 5.24. The summed E-state index contributed by atoms with van der Waals surface area (Å²) in [7, 11) is 0. The van der Waals surface area contributed by atoms with Gasteiger partial charge >= 0.3 is 0 Å². The van der Waals surface area contributed by atoms with Gasteiger partial charge < -0.3 is 10.6 Å². The molecule has 204 valence electrons. The second-order valence-corrected chi connectivity index (χ2v) is 10.6. The van der Waals surface area contributed by atoms with Gasteiger partial charge in [0, 0.05) is 28.4 Å². The first-order chi connectivity index (χ1) is 19.9. The number of hydrogen-bond donors (Lipinski definition) is 2. The lowest BCUT2D eigenvalue weighted by atomic mass is 10.1. The van der Waals surface area contributed by atoms with Gasteiger partial charge in [-0.3, -0.25) is 24.1 Å². The van der Waals surface area contributed by atoms with E-state index >= 15 is 0 Å². The molecule has 4 amide bonds. The lowest BCUT2D eigenvalue weighted by molar-refractivity contribution is -0.113. The Bertz CT molecular complexity index is 1610. The molecule has 0 spiro atoms. The highest BCUT2D eigenvalue weighted by Gasteiger charge is 2.34. The van der Waals surface area contributed by atoms with Crippen LogP contribution >= 0.6 is 11.8 Å². The van der Waals surface area contributed by atoms with Crippen LogP contribution in [0.4, 0.5) is 5.69 Å². The van der Waals surface area contributed by atoms with E-state index in [-0.39, 0.29) is 23.4 Å². The maximum absolute atomic E-state index is 13.3. The molecule has 0 saturated heterocycles. The summed E-state index contributed by atoms with van der Waals surface area (Å²) in [6, 6.07) is 30.4. The zero-order valence-corrected chi connectivity index (χ0v) is 23.1. The van der Waals surface area contributed by atoms with E-state index in [0.29, 0.717) is 34.7 Å². The Kier molecular flexibility index (Phi) is 8.41. The monoisotopic (exact) mass is 561 g/mol. The fraction of sp³-hybridized carbons (Fsp3) is 0.0909. The first kappa shape index (κ1) is 27.6. The number of hydrogen-bond acceptors (Lipinski definition) is 5. The van der Waals surface area contributed by atoms with Crippen LogP contribution in [0.15, 0.2) is 114 Å². The van der Waals surface area contributed by atoms with Crippen molar-refractivity contribution in [1.29, 1.82) is 0 Å². The number of thioether (sulfide) groups is 1. The Morgan fingerprint density at radius 1 is 0.805 bits per heavy atom. The first-order valence-electron chi connectivity index (χ1n) is 13.0. The number of nitrogens with one attached hydrogen (secondary N) is 2. The van der Waals surface area contributed by atoms with Gasteiger partial charge in [0.15, 0.2) is 0 Å².